The minimum Gasteiger partial charge on any atom is -0.454 e. The van der Waals surface area contributed by atoms with Gasteiger partial charge in [0, 0.05) is 19.8 Å². The van der Waals surface area contributed by atoms with Gasteiger partial charge in [-0.2, -0.15) is 8.78 Å². The van der Waals surface area contributed by atoms with Gasteiger partial charge in [-0.25, -0.2) is 9.78 Å². The van der Waals surface area contributed by atoms with Gasteiger partial charge in [-0.1, -0.05) is 18.2 Å². The molecule has 0 aliphatic carbocycles. The quantitative estimate of drug-likeness (QED) is 0.659. The zero-order valence-corrected chi connectivity index (χ0v) is 13.8. The van der Waals surface area contributed by atoms with Crippen LogP contribution in [0.3, 0.4) is 0 Å². The van der Waals surface area contributed by atoms with Gasteiger partial charge in [0.1, 0.15) is 6.61 Å². The molecule has 3 rings (SSSR count). The molecular weight excluding hydrogens is 328 g/mol. The Morgan fingerprint density at radius 3 is 2.68 bits per heavy atom. The van der Waals surface area contributed by atoms with Crippen molar-refractivity contribution in [2.24, 2.45) is 0 Å². The van der Waals surface area contributed by atoms with Crippen molar-refractivity contribution in [1.82, 2.24) is 9.55 Å². The van der Waals surface area contributed by atoms with E-state index in [1.165, 1.54) is 0 Å². The van der Waals surface area contributed by atoms with Gasteiger partial charge in [0.05, 0.1) is 16.6 Å². The molecule has 0 unspecified atom stereocenters. The summed E-state index contributed by atoms with van der Waals surface area (Å²) in [4.78, 5) is 18.2. The SMILES string of the molecule is CN(C)c1cccc(C(=O)OCc2nc3ccccc3n2C(F)F)c1. The molecule has 0 amide bonds. The number of nitrogens with zero attached hydrogens (tertiary/aromatic N) is 3. The number of anilines is 1. The smallest absolute Gasteiger partial charge is 0.338 e. The molecule has 0 fully saturated rings. The fourth-order valence-corrected chi connectivity index (χ4v) is 2.54. The van der Waals surface area contributed by atoms with E-state index < -0.39 is 12.5 Å². The maximum atomic E-state index is 13.4. The Kier molecular flexibility index (Phi) is 4.65. The van der Waals surface area contributed by atoms with Gasteiger partial charge in [0.25, 0.3) is 0 Å². The predicted octanol–water partition coefficient (Wildman–Crippen LogP) is 3.85. The van der Waals surface area contributed by atoms with Gasteiger partial charge < -0.3 is 9.64 Å². The van der Waals surface area contributed by atoms with E-state index in [9.17, 15) is 13.6 Å². The van der Waals surface area contributed by atoms with Crippen LogP contribution in [-0.2, 0) is 11.3 Å². The van der Waals surface area contributed by atoms with Crippen molar-refractivity contribution >= 4 is 22.7 Å². The van der Waals surface area contributed by atoms with Crippen LogP contribution in [0, 0.1) is 0 Å². The molecule has 0 aliphatic heterocycles. The summed E-state index contributed by atoms with van der Waals surface area (Å²) in [6, 6.07) is 13.5. The molecule has 25 heavy (non-hydrogen) atoms. The number of esters is 1. The van der Waals surface area contributed by atoms with Gasteiger partial charge >= 0.3 is 12.5 Å². The number of halogens is 2. The lowest BCUT2D eigenvalue weighted by Gasteiger charge is -2.13. The van der Waals surface area contributed by atoms with E-state index in [4.69, 9.17) is 4.74 Å². The summed E-state index contributed by atoms with van der Waals surface area (Å²) in [5, 5.41) is 0. The summed E-state index contributed by atoms with van der Waals surface area (Å²) in [5.41, 5.74) is 1.93. The standard InChI is InChI=1S/C18H17F2N3O2/c1-22(2)13-7-5-6-12(10-13)17(24)25-11-16-21-14-8-3-4-9-15(14)23(16)18(19)20/h3-10,18H,11H2,1-2H3. The van der Waals surface area contributed by atoms with Gasteiger partial charge in [-0.15, -0.1) is 0 Å². The Morgan fingerprint density at radius 1 is 1.20 bits per heavy atom. The maximum absolute atomic E-state index is 13.4. The molecule has 0 atom stereocenters. The normalized spacial score (nSPS) is 11.1. The van der Waals surface area contributed by atoms with E-state index in [-0.39, 0.29) is 12.4 Å². The monoisotopic (exact) mass is 345 g/mol. The second-order valence-electron chi connectivity index (χ2n) is 5.69. The molecular formula is C18H17F2N3O2. The average molecular weight is 345 g/mol. The molecule has 0 spiro atoms. The highest BCUT2D eigenvalue weighted by atomic mass is 19.3. The number of fused-ring (bicyclic) bond motifs is 1. The van der Waals surface area contributed by atoms with Crippen LogP contribution in [0.5, 0.6) is 0 Å². The molecule has 0 saturated heterocycles. The highest BCUT2D eigenvalue weighted by Gasteiger charge is 2.19. The lowest BCUT2D eigenvalue weighted by Crippen LogP contribution is -2.12. The Morgan fingerprint density at radius 2 is 1.96 bits per heavy atom. The third kappa shape index (κ3) is 3.45. The van der Waals surface area contributed by atoms with E-state index in [2.05, 4.69) is 4.98 Å². The van der Waals surface area contributed by atoms with Crippen LogP contribution in [0.15, 0.2) is 48.5 Å². The highest BCUT2D eigenvalue weighted by molar-refractivity contribution is 5.90. The Bertz CT molecular complexity index is 906. The van der Waals surface area contributed by atoms with Gasteiger partial charge in [0.15, 0.2) is 5.82 Å². The fourth-order valence-electron chi connectivity index (χ4n) is 2.54. The van der Waals surface area contributed by atoms with Crippen molar-refractivity contribution in [3.05, 3.63) is 59.9 Å². The molecule has 1 aromatic heterocycles. The summed E-state index contributed by atoms with van der Waals surface area (Å²) in [5.74, 6) is -0.579. The summed E-state index contributed by atoms with van der Waals surface area (Å²) >= 11 is 0. The minimum absolute atomic E-state index is 0.00770. The second kappa shape index (κ2) is 6.88. The molecule has 0 radical (unpaired) electrons. The highest BCUT2D eigenvalue weighted by Crippen LogP contribution is 2.24. The summed E-state index contributed by atoms with van der Waals surface area (Å²) in [7, 11) is 3.71. The fraction of sp³-hybridized carbons (Fsp3) is 0.222. The van der Waals surface area contributed by atoms with Crippen molar-refractivity contribution in [2.45, 2.75) is 13.2 Å². The Labute approximate surface area is 143 Å². The number of para-hydroxylation sites is 2. The summed E-state index contributed by atoms with van der Waals surface area (Å²) in [6.45, 7) is -3.09. The Hall–Kier alpha value is -2.96. The number of hydrogen-bond acceptors (Lipinski definition) is 4. The summed E-state index contributed by atoms with van der Waals surface area (Å²) in [6.07, 6.45) is 0. The average Bonchev–Trinajstić information content (AvgIpc) is 2.98. The van der Waals surface area contributed by atoms with Gasteiger partial charge in [-0.3, -0.25) is 4.57 Å². The van der Waals surface area contributed by atoms with Crippen LogP contribution in [0.1, 0.15) is 22.7 Å². The first-order chi connectivity index (χ1) is 12.0. The van der Waals surface area contributed by atoms with Crippen LogP contribution in [-0.4, -0.2) is 29.6 Å². The minimum atomic E-state index is -2.77. The number of aromatic nitrogens is 2. The maximum Gasteiger partial charge on any atom is 0.338 e. The molecule has 0 saturated carbocycles. The number of carbonyl (C=O) groups excluding carboxylic acids is 1. The third-order valence-corrected chi connectivity index (χ3v) is 3.79. The first kappa shape index (κ1) is 16.9. The number of ether oxygens (including phenoxy) is 1. The molecule has 0 bridgehead atoms. The third-order valence-electron chi connectivity index (χ3n) is 3.79. The molecule has 130 valence electrons. The zero-order chi connectivity index (χ0) is 18.0. The van der Waals surface area contributed by atoms with Crippen molar-refractivity contribution < 1.29 is 18.3 Å². The number of carbonyl (C=O) groups is 1. The topological polar surface area (TPSA) is 47.4 Å². The number of imidazole rings is 1. The van der Waals surface area contributed by atoms with Crippen LogP contribution in [0.25, 0.3) is 11.0 Å². The molecule has 5 nitrogen and oxygen atoms in total. The molecule has 2 aromatic carbocycles. The van der Waals surface area contributed by atoms with Gasteiger partial charge in [0.2, 0.25) is 0 Å². The van der Waals surface area contributed by atoms with E-state index in [0.717, 1.165) is 10.3 Å². The molecule has 7 heteroatoms. The lowest BCUT2D eigenvalue weighted by atomic mass is 10.2. The first-order valence-electron chi connectivity index (χ1n) is 7.66. The first-order valence-corrected chi connectivity index (χ1v) is 7.66. The number of rotatable bonds is 5. The van der Waals surface area contributed by atoms with Gasteiger partial charge in [-0.05, 0) is 30.3 Å². The molecule has 3 aromatic rings. The molecule has 0 N–H and O–H groups in total. The summed E-state index contributed by atoms with van der Waals surface area (Å²) < 4.78 is 32.7. The van der Waals surface area contributed by atoms with Crippen LogP contribution in [0.2, 0.25) is 0 Å². The lowest BCUT2D eigenvalue weighted by molar-refractivity contribution is 0.0387. The number of benzene rings is 2. The van der Waals surface area contributed by atoms with Crippen molar-refractivity contribution in [1.29, 1.82) is 0 Å². The van der Waals surface area contributed by atoms with Crippen molar-refractivity contribution in [3.63, 3.8) is 0 Å². The zero-order valence-electron chi connectivity index (χ0n) is 13.8. The second-order valence-corrected chi connectivity index (χ2v) is 5.69. The van der Waals surface area contributed by atoms with E-state index in [1.807, 2.05) is 25.1 Å². The van der Waals surface area contributed by atoms with Crippen LogP contribution < -0.4 is 4.90 Å². The number of alkyl halides is 2. The van der Waals surface area contributed by atoms with Crippen molar-refractivity contribution in [3.8, 4) is 0 Å². The van der Waals surface area contributed by atoms with E-state index in [0.29, 0.717) is 16.6 Å². The molecule has 0 aliphatic rings. The van der Waals surface area contributed by atoms with Crippen LogP contribution in [0.4, 0.5) is 14.5 Å². The van der Waals surface area contributed by atoms with Crippen LogP contribution >= 0.6 is 0 Å². The largest absolute Gasteiger partial charge is 0.454 e. The molecule has 1 heterocycles. The van der Waals surface area contributed by atoms with E-state index >= 15 is 0 Å². The number of hydrogen-bond donors (Lipinski definition) is 0. The Balaban J connectivity index is 1.82. The van der Waals surface area contributed by atoms with Crippen molar-refractivity contribution in [2.75, 3.05) is 19.0 Å². The predicted molar refractivity (Wildman–Crippen MR) is 90.9 cm³/mol. The van der Waals surface area contributed by atoms with E-state index in [1.54, 1.807) is 42.5 Å².